The smallest absolute Gasteiger partial charge is 0.225 e. The Labute approximate surface area is 162 Å². The van der Waals surface area contributed by atoms with Gasteiger partial charge in [0, 0.05) is 30.4 Å². The average molecular weight is 382 g/mol. The van der Waals surface area contributed by atoms with Crippen LogP contribution in [0.3, 0.4) is 0 Å². The van der Waals surface area contributed by atoms with Crippen LogP contribution in [0.2, 0.25) is 0 Å². The van der Waals surface area contributed by atoms with Crippen LogP contribution in [0.1, 0.15) is 37.1 Å². The summed E-state index contributed by atoms with van der Waals surface area (Å²) in [6.45, 7) is 3.75. The first-order valence-electron chi connectivity index (χ1n) is 9.40. The molecule has 4 heterocycles. The Bertz CT molecular complexity index is 914. The Kier molecular flexibility index (Phi) is 5.29. The average Bonchev–Trinajstić information content (AvgIpc) is 3.26. The summed E-state index contributed by atoms with van der Waals surface area (Å²) in [6, 6.07) is 6.24. The standard InChI is InChI=1S/C20H23N5OS/c1-2-16(18-6-4-10-27-18)24-20(26)14-5-3-9-25(13-14)15-11-17-19(23-12-15)22-8-7-21-17/h4,6-8,10-12,14,16H,2-3,5,9,13H2,1H3,(H,24,26)/t14-,16+/m0/s1. The molecule has 27 heavy (non-hydrogen) atoms. The van der Waals surface area contributed by atoms with Crippen LogP contribution in [0.25, 0.3) is 11.2 Å². The third kappa shape index (κ3) is 3.93. The summed E-state index contributed by atoms with van der Waals surface area (Å²) in [5, 5.41) is 5.30. The number of thiophene rings is 1. The highest BCUT2D eigenvalue weighted by molar-refractivity contribution is 7.10. The monoisotopic (exact) mass is 381 g/mol. The zero-order valence-corrected chi connectivity index (χ0v) is 16.2. The van der Waals surface area contributed by atoms with Crippen molar-refractivity contribution in [2.45, 2.75) is 32.2 Å². The SMILES string of the molecule is CC[C@@H](NC(=O)[C@H]1CCCN(c2cnc3nccnc3c2)C1)c1cccs1. The number of hydrogen-bond acceptors (Lipinski definition) is 6. The van der Waals surface area contributed by atoms with Crippen molar-refractivity contribution in [3.8, 4) is 0 Å². The quantitative estimate of drug-likeness (QED) is 0.732. The number of amides is 1. The van der Waals surface area contributed by atoms with Crippen molar-refractivity contribution in [2.24, 2.45) is 5.92 Å². The van der Waals surface area contributed by atoms with E-state index in [0.29, 0.717) is 12.2 Å². The van der Waals surface area contributed by atoms with E-state index in [9.17, 15) is 4.79 Å². The molecule has 0 radical (unpaired) electrons. The van der Waals surface area contributed by atoms with Gasteiger partial charge in [0.2, 0.25) is 5.91 Å². The molecule has 4 rings (SSSR count). The van der Waals surface area contributed by atoms with Gasteiger partial charge in [0.05, 0.1) is 23.8 Å². The fraction of sp³-hybridized carbons (Fsp3) is 0.400. The maximum atomic E-state index is 12.9. The maximum Gasteiger partial charge on any atom is 0.225 e. The van der Waals surface area contributed by atoms with Crippen molar-refractivity contribution in [1.29, 1.82) is 0 Å². The first-order chi connectivity index (χ1) is 13.2. The number of hydrogen-bond donors (Lipinski definition) is 1. The first-order valence-corrected chi connectivity index (χ1v) is 10.3. The van der Waals surface area contributed by atoms with E-state index in [2.05, 4.69) is 43.5 Å². The Hall–Kier alpha value is -2.54. The minimum absolute atomic E-state index is 0.00897. The van der Waals surface area contributed by atoms with Crippen LogP contribution < -0.4 is 10.2 Å². The normalized spacial score (nSPS) is 18.4. The molecule has 1 aliphatic heterocycles. The molecule has 1 fully saturated rings. The molecule has 2 atom stereocenters. The Balaban J connectivity index is 1.46. The summed E-state index contributed by atoms with van der Waals surface area (Å²) in [4.78, 5) is 29.3. The number of aromatic nitrogens is 3. The molecule has 3 aromatic rings. The molecule has 1 saturated heterocycles. The number of carbonyl (C=O) groups excluding carboxylic acids is 1. The second-order valence-corrected chi connectivity index (χ2v) is 7.84. The van der Waals surface area contributed by atoms with E-state index in [-0.39, 0.29) is 17.9 Å². The second kappa shape index (κ2) is 8.00. The minimum atomic E-state index is -0.00897. The van der Waals surface area contributed by atoms with Gasteiger partial charge in [0.1, 0.15) is 5.52 Å². The molecule has 1 aliphatic rings. The van der Waals surface area contributed by atoms with Crippen molar-refractivity contribution in [3.05, 3.63) is 47.0 Å². The van der Waals surface area contributed by atoms with E-state index in [4.69, 9.17) is 0 Å². The molecule has 0 bridgehead atoms. The molecular formula is C20H23N5OS. The maximum absolute atomic E-state index is 12.9. The summed E-state index contributed by atoms with van der Waals surface area (Å²) in [7, 11) is 0. The lowest BCUT2D eigenvalue weighted by molar-refractivity contribution is -0.126. The summed E-state index contributed by atoms with van der Waals surface area (Å²) < 4.78 is 0. The van der Waals surface area contributed by atoms with Gasteiger partial charge in [-0.15, -0.1) is 11.3 Å². The van der Waals surface area contributed by atoms with Gasteiger partial charge in [-0.2, -0.15) is 0 Å². The van der Waals surface area contributed by atoms with E-state index in [1.807, 2.05) is 18.3 Å². The van der Waals surface area contributed by atoms with Gasteiger partial charge in [-0.1, -0.05) is 13.0 Å². The molecule has 1 N–H and O–H groups in total. The van der Waals surface area contributed by atoms with Crippen LogP contribution in [-0.4, -0.2) is 33.9 Å². The second-order valence-electron chi connectivity index (χ2n) is 6.86. The van der Waals surface area contributed by atoms with Gasteiger partial charge in [-0.25, -0.2) is 9.97 Å². The van der Waals surface area contributed by atoms with Crippen LogP contribution in [-0.2, 0) is 4.79 Å². The third-order valence-electron chi connectivity index (χ3n) is 5.08. The van der Waals surface area contributed by atoms with Crippen LogP contribution in [0.4, 0.5) is 5.69 Å². The van der Waals surface area contributed by atoms with Gasteiger partial charge in [0.25, 0.3) is 0 Å². The Morgan fingerprint density at radius 1 is 1.37 bits per heavy atom. The first kappa shape index (κ1) is 17.9. The highest BCUT2D eigenvalue weighted by Crippen LogP contribution is 2.26. The zero-order valence-electron chi connectivity index (χ0n) is 15.3. The molecule has 7 heteroatoms. The van der Waals surface area contributed by atoms with Gasteiger partial charge in [0.15, 0.2) is 5.65 Å². The Morgan fingerprint density at radius 3 is 3.07 bits per heavy atom. The number of fused-ring (bicyclic) bond motifs is 1. The van der Waals surface area contributed by atoms with Gasteiger partial charge < -0.3 is 10.2 Å². The molecular weight excluding hydrogens is 358 g/mol. The molecule has 6 nitrogen and oxygen atoms in total. The molecule has 0 aromatic carbocycles. The number of pyridine rings is 1. The zero-order chi connectivity index (χ0) is 18.6. The van der Waals surface area contributed by atoms with Crippen LogP contribution in [0.5, 0.6) is 0 Å². The van der Waals surface area contributed by atoms with Crippen LogP contribution >= 0.6 is 11.3 Å². The van der Waals surface area contributed by atoms with Gasteiger partial charge in [-0.3, -0.25) is 9.78 Å². The van der Waals surface area contributed by atoms with E-state index in [0.717, 1.165) is 37.0 Å². The van der Waals surface area contributed by atoms with Crippen LogP contribution in [0, 0.1) is 5.92 Å². The predicted octanol–water partition coefficient (Wildman–Crippen LogP) is 3.57. The molecule has 140 valence electrons. The number of anilines is 1. The lowest BCUT2D eigenvalue weighted by Gasteiger charge is -2.34. The highest BCUT2D eigenvalue weighted by atomic mass is 32.1. The van der Waals surface area contributed by atoms with Gasteiger partial charge in [-0.05, 0) is 36.8 Å². The van der Waals surface area contributed by atoms with E-state index in [1.165, 1.54) is 4.88 Å². The highest BCUT2D eigenvalue weighted by Gasteiger charge is 2.28. The number of nitrogens with one attached hydrogen (secondary N) is 1. The molecule has 3 aromatic heterocycles. The Morgan fingerprint density at radius 2 is 2.26 bits per heavy atom. The number of rotatable bonds is 5. The summed E-state index contributed by atoms with van der Waals surface area (Å²) in [5.41, 5.74) is 2.44. The third-order valence-corrected chi connectivity index (χ3v) is 6.06. The number of piperidine rings is 1. The molecule has 0 spiro atoms. The van der Waals surface area contributed by atoms with E-state index in [1.54, 1.807) is 23.7 Å². The van der Waals surface area contributed by atoms with Crippen molar-refractivity contribution < 1.29 is 4.79 Å². The lowest BCUT2D eigenvalue weighted by Crippen LogP contribution is -2.44. The number of carbonyl (C=O) groups is 1. The largest absolute Gasteiger partial charge is 0.369 e. The summed E-state index contributed by atoms with van der Waals surface area (Å²) in [6.07, 6.45) is 7.97. The molecule has 0 unspecified atom stereocenters. The van der Waals surface area contributed by atoms with Crippen molar-refractivity contribution in [2.75, 3.05) is 18.0 Å². The summed E-state index contributed by atoms with van der Waals surface area (Å²) in [5.74, 6) is 0.138. The van der Waals surface area contributed by atoms with Crippen molar-refractivity contribution in [1.82, 2.24) is 20.3 Å². The topological polar surface area (TPSA) is 71.0 Å². The summed E-state index contributed by atoms with van der Waals surface area (Å²) >= 11 is 1.70. The van der Waals surface area contributed by atoms with Crippen molar-refractivity contribution >= 4 is 34.1 Å². The van der Waals surface area contributed by atoms with E-state index >= 15 is 0 Å². The van der Waals surface area contributed by atoms with E-state index < -0.39 is 0 Å². The van der Waals surface area contributed by atoms with Gasteiger partial charge >= 0.3 is 0 Å². The molecule has 0 saturated carbocycles. The fourth-order valence-electron chi connectivity index (χ4n) is 3.60. The molecule has 1 amide bonds. The van der Waals surface area contributed by atoms with Crippen molar-refractivity contribution in [3.63, 3.8) is 0 Å². The number of nitrogens with zero attached hydrogens (tertiary/aromatic N) is 4. The van der Waals surface area contributed by atoms with Crippen LogP contribution in [0.15, 0.2) is 42.2 Å². The lowest BCUT2D eigenvalue weighted by atomic mass is 9.96. The predicted molar refractivity (Wildman–Crippen MR) is 108 cm³/mol. The molecule has 0 aliphatic carbocycles. The minimum Gasteiger partial charge on any atom is -0.369 e. The fourth-order valence-corrected chi connectivity index (χ4v) is 4.46.